The number of nitrogens with zero attached hydrogens (tertiary/aromatic N) is 7. The van der Waals surface area contributed by atoms with Gasteiger partial charge in [-0.25, -0.2) is 27.2 Å². The number of amides is 4. The van der Waals surface area contributed by atoms with Crippen LogP contribution in [0.4, 0.5) is 14.6 Å². The lowest BCUT2D eigenvalue weighted by Gasteiger charge is -2.31. The number of unbranched alkanes of at least 4 members (excludes halogenated alkanes) is 2. The zero-order chi connectivity index (χ0) is 54.7. The molecule has 4 aromatic heterocycles. The Kier molecular flexibility index (Phi) is 14.2. The molecule has 1 fully saturated rings. The van der Waals surface area contributed by atoms with Crippen LogP contribution < -0.4 is 25.6 Å². The third-order valence-electron chi connectivity index (χ3n) is 14.3. The largest absolute Gasteiger partial charge is 0.476 e. The van der Waals surface area contributed by atoms with Gasteiger partial charge in [-0.05, 0) is 73.0 Å². The summed E-state index contributed by atoms with van der Waals surface area (Å²) < 4.78 is 68.1. The number of carbonyl (C=O) groups is 4. The van der Waals surface area contributed by atoms with Crippen LogP contribution in [0.5, 0.6) is 5.88 Å². The van der Waals surface area contributed by atoms with Gasteiger partial charge < -0.3 is 44.7 Å². The lowest BCUT2D eigenvalue weighted by atomic mass is 9.89. The summed E-state index contributed by atoms with van der Waals surface area (Å²) in [7, 11) is -2.04. The minimum Gasteiger partial charge on any atom is -0.476 e. The first kappa shape index (κ1) is 52.8. The van der Waals surface area contributed by atoms with Crippen molar-refractivity contribution < 1.29 is 50.7 Å². The number of fused-ring (bicyclic) bond motifs is 2. The summed E-state index contributed by atoms with van der Waals surface area (Å²) in [6.07, 6.45) is 7.68. The van der Waals surface area contributed by atoms with E-state index in [-0.39, 0.29) is 84.3 Å². The van der Waals surface area contributed by atoms with Gasteiger partial charge in [-0.15, -0.1) is 11.3 Å². The van der Waals surface area contributed by atoms with Crippen LogP contribution in [-0.4, -0.2) is 112 Å². The average Bonchev–Trinajstić information content (AvgIpc) is 4.28. The molecule has 1 saturated heterocycles. The molecule has 10 rings (SSSR count). The van der Waals surface area contributed by atoms with E-state index in [0.717, 1.165) is 28.6 Å². The van der Waals surface area contributed by atoms with E-state index in [1.807, 2.05) is 45.0 Å². The highest BCUT2D eigenvalue weighted by Crippen LogP contribution is 2.42. The summed E-state index contributed by atoms with van der Waals surface area (Å²) in [5, 5.41) is 25.1. The summed E-state index contributed by atoms with van der Waals surface area (Å²) >= 11 is 1.54. The van der Waals surface area contributed by atoms with Gasteiger partial charge in [0, 0.05) is 91.5 Å². The number of carbonyl (C=O) groups excluding carboxylic acids is 4. The quantitative estimate of drug-likeness (QED) is 0.0720. The number of nitrogens with one attached hydrogen (secondary N) is 3. The van der Waals surface area contributed by atoms with Crippen molar-refractivity contribution >= 4 is 72.8 Å². The van der Waals surface area contributed by atoms with Crippen molar-refractivity contribution in [3.8, 4) is 16.3 Å². The maximum Gasteiger partial charge on any atom is 0.277 e. The van der Waals surface area contributed by atoms with Crippen molar-refractivity contribution in [2.75, 3.05) is 37.4 Å². The van der Waals surface area contributed by atoms with Crippen molar-refractivity contribution in [2.45, 2.75) is 82.7 Å². The second-order valence-electron chi connectivity index (χ2n) is 20.4. The summed E-state index contributed by atoms with van der Waals surface area (Å²) in [5.41, 5.74) is 4.55. The third kappa shape index (κ3) is 10.3. The standard InChI is InChI=1S/C54H56F2N10O9S2/c1-28(2)42(52(70)66-24-35(67)20-39(66)48-61-53(71)54(4,62-48)33-12-10-30(11-13-33)47-29(3)59-27-76-47)40-21-41(63-75-40)74-17-9-7-8-15-57-50(68)44-32(26-77(6,72)73)18-31-23-64(5)46-43(31)45(44)36-25-65(16-14-38(36)60-51(46)69)49-37(56)19-34(55)22-58-49/h10-14,18-19,21-23,25,27-28,35,39,42,67H,7-9,15-17,20,24,26H2,1-6H3,(H,57,68)(H,60,69)(H,61,62,71)/t35-,39?,42?,54+/m1/s1. The van der Waals surface area contributed by atoms with Crippen molar-refractivity contribution in [3.63, 3.8) is 0 Å². The molecule has 8 heterocycles. The number of pyridine rings is 1. The molecule has 77 heavy (non-hydrogen) atoms. The fraction of sp³-hybridized carbons (Fsp3) is 0.370. The highest BCUT2D eigenvalue weighted by molar-refractivity contribution is 7.89. The zero-order valence-corrected chi connectivity index (χ0v) is 44.7. The van der Waals surface area contributed by atoms with Gasteiger partial charge in [0.25, 0.3) is 23.6 Å². The third-order valence-corrected chi connectivity index (χ3v) is 16.2. The number of allylic oxidation sites excluding steroid dienone is 1. The molecule has 0 radical (unpaired) electrons. The first-order valence-corrected chi connectivity index (χ1v) is 28.1. The minimum absolute atomic E-state index is 0.0258. The lowest BCUT2D eigenvalue weighted by Crippen LogP contribution is -2.51. The Morgan fingerprint density at radius 1 is 1.09 bits per heavy atom. The number of hydrogen-bond donors (Lipinski definition) is 4. The first-order valence-electron chi connectivity index (χ1n) is 25.1. The summed E-state index contributed by atoms with van der Waals surface area (Å²) in [6, 6.07) is 10.8. The normalized spacial score (nSPS) is 19.6. The van der Waals surface area contributed by atoms with Crippen LogP contribution in [0.15, 0.2) is 87.9 Å². The summed E-state index contributed by atoms with van der Waals surface area (Å²) in [5.74, 6) is -4.62. The molecule has 4 N–H and O–H groups in total. The predicted molar refractivity (Wildman–Crippen MR) is 284 cm³/mol. The van der Waals surface area contributed by atoms with Gasteiger partial charge in [-0.2, -0.15) is 4.99 Å². The number of thiazole rings is 1. The van der Waals surface area contributed by atoms with Gasteiger partial charge in [0.1, 0.15) is 28.8 Å². The van der Waals surface area contributed by atoms with Crippen LogP contribution in [0.1, 0.15) is 101 Å². The van der Waals surface area contributed by atoms with Crippen LogP contribution >= 0.6 is 11.3 Å². The Balaban J connectivity index is 0.786. The Labute approximate surface area is 446 Å². The molecule has 4 aliphatic rings. The van der Waals surface area contributed by atoms with Gasteiger partial charge in [0.2, 0.25) is 5.91 Å². The van der Waals surface area contributed by atoms with Crippen molar-refractivity contribution in [3.05, 3.63) is 129 Å². The fourth-order valence-corrected chi connectivity index (χ4v) is 12.2. The van der Waals surface area contributed by atoms with Crippen LogP contribution in [0.3, 0.4) is 0 Å². The Morgan fingerprint density at radius 3 is 2.58 bits per heavy atom. The summed E-state index contributed by atoms with van der Waals surface area (Å²) in [6.45, 7) is 7.91. The van der Waals surface area contributed by atoms with Gasteiger partial charge in [0.15, 0.2) is 27.2 Å². The van der Waals surface area contributed by atoms with Crippen LogP contribution in [0.25, 0.3) is 26.8 Å². The van der Waals surface area contributed by atoms with Crippen molar-refractivity contribution in [1.29, 1.82) is 0 Å². The number of anilines is 1. The van der Waals surface area contributed by atoms with E-state index >= 15 is 4.39 Å². The zero-order valence-electron chi connectivity index (χ0n) is 43.0. The molecule has 0 bridgehead atoms. The molecule has 4 aliphatic heterocycles. The Hall–Kier alpha value is -7.63. The van der Waals surface area contributed by atoms with Crippen LogP contribution in [0.2, 0.25) is 0 Å². The van der Waals surface area contributed by atoms with Crippen LogP contribution in [0, 0.1) is 24.5 Å². The number of rotatable bonds is 17. The highest BCUT2D eigenvalue weighted by Gasteiger charge is 2.49. The van der Waals surface area contributed by atoms with E-state index in [1.54, 1.807) is 53.4 Å². The molecule has 0 saturated carbocycles. The van der Waals surface area contributed by atoms with E-state index in [9.17, 15) is 37.1 Å². The number of ether oxygens (including phenoxy) is 1. The smallest absolute Gasteiger partial charge is 0.277 e. The number of halogens is 2. The molecule has 0 spiro atoms. The number of aliphatic hydroxyl groups excluding tert-OH is 1. The maximum atomic E-state index is 15.1. The number of aliphatic imine (C=N–C) groups is 1. The molecule has 4 amide bonds. The number of β-amino-alcohol motifs (C(OH)–C–C–N with tert-alkyl or cyclic N) is 1. The molecule has 402 valence electrons. The second-order valence-corrected chi connectivity index (χ2v) is 23.4. The number of aliphatic hydroxyl groups is 1. The Bertz CT molecular complexity index is 3590. The lowest BCUT2D eigenvalue weighted by molar-refractivity contribution is -0.134. The first-order chi connectivity index (χ1) is 36.7. The van der Waals surface area contributed by atoms with Gasteiger partial charge in [-0.1, -0.05) is 38.1 Å². The minimum atomic E-state index is -3.71. The van der Waals surface area contributed by atoms with Crippen molar-refractivity contribution in [2.24, 2.45) is 18.0 Å². The fourth-order valence-electron chi connectivity index (χ4n) is 10.6. The molecule has 6 aromatic rings. The second kappa shape index (κ2) is 20.7. The number of hydrogen-bond acceptors (Lipinski definition) is 15. The molecule has 0 aliphatic carbocycles. The van der Waals surface area contributed by atoms with E-state index in [0.29, 0.717) is 58.8 Å². The topological polar surface area (TPSA) is 244 Å². The SMILES string of the molecule is Cc1ncsc1-c1ccc([C@]2(C)NC(C3C[C@@H](O)CN3C(=O)C(c3cc(OCCCCCNC(=O)c4c(CS(C)(=O)=O)cc5cn(C)c6c5c4C4=CN(c5ncc(F)cc5F)CC=C4NC6=O)no3)C(C)C)=NC2=O)cc1. The number of aryl methyl sites for hydroxylation is 2. The maximum absolute atomic E-state index is 15.1. The molecule has 19 nitrogen and oxygen atoms in total. The molecular weight excluding hydrogens is 1030 g/mol. The van der Waals surface area contributed by atoms with E-state index in [2.05, 4.69) is 36.1 Å². The highest BCUT2D eigenvalue weighted by atomic mass is 32.2. The van der Waals surface area contributed by atoms with Gasteiger partial charge in [-0.3, -0.25) is 19.2 Å². The number of amidine groups is 1. The molecular formula is C54H56F2N10O9S2. The van der Waals surface area contributed by atoms with E-state index < -0.39 is 68.5 Å². The van der Waals surface area contributed by atoms with E-state index in [4.69, 9.17) is 9.26 Å². The number of benzene rings is 2. The van der Waals surface area contributed by atoms with Gasteiger partial charge >= 0.3 is 0 Å². The molecule has 4 atom stereocenters. The number of likely N-dealkylation sites (tertiary alicyclic amines) is 1. The molecule has 23 heteroatoms. The van der Waals surface area contributed by atoms with Crippen molar-refractivity contribution in [1.82, 2.24) is 40.5 Å². The number of aromatic nitrogens is 4. The molecule has 2 aromatic carbocycles. The molecule has 2 unspecified atom stereocenters. The summed E-state index contributed by atoms with van der Waals surface area (Å²) in [4.78, 5) is 73.0. The van der Waals surface area contributed by atoms with Gasteiger partial charge in [0.05, 0.1) is 52.3 Å². The monoisotopic (exact) mass is 1090 g/mol. The van der Waals surface area contributed by atoms with Crippen LogP contribution in [-0.2, 0) is 37.8 Å². The van der Waals surface area contributed by atoms with E-state index in [1.165, 1.54) is 22.4 Å². The average molecular weight is 1090 g/mol. The number of sulfone groups is 1. The Morgan fingerprint density at radius 2 is 1.87 bits per heavy atom. The predicted octanol–water partition coefficient (Wildman–Crippen LogP) is 6.43.